The highest BCUT2D eigenvalue weighted by molar-refractivity contribution is 6.02. The van der Waals surface area contributed by atoms with Crippen molar-refractivity contribution in [2.24, 2.45) is 11.1 Å². The molecule has 0 fully saturated rings. The number of halogens is 2. The van der Waals surface area contributed by atoms with E-state index in [1.54, 1.807) is 0 Å². The molecule has 4 heteroatoms. The highest BCUT2D eigenvalue weighted by atomic mass is 19.2. The molecule has 2 rings (SSSR count). The van der Waals surface area contributed by atoms with Crippen LogP contribution in [0.4, 0.5) is 8.78 Å². The van der Waals surface area contributed by atoms with E-state index in [4.69, 9.17) is 4.84 Å². The first-order chi connectivity index (χ1) is 6.68. The lowest BCUT2D eigenvalue weighted by molar-refractivity contribution is 0.158. The normalized spacial score (nSPS) is 20.5. The summed E-state index contributed by atoms with van der Waals surface area (Å²) < 4.78 is 25.5. The van der Waals surface area contributed by atoms with Gasteiger partial charge < -0.3 is 4.84 Å². The average Bonchev–Trinajstić information content (AvgIpc) is 2.57. The standard InChI is InChI=1S/C10H9F2NO/c1-6-5-14-13-10(6)7-2-3-8(11)9(12)4-7/h2-4,6H,5H2,1H3/t6-/m0/s1. The fourth-order valence-corrected chi connectivity index (χ4v) is 1.38. The lowest BCUT2D eigenvalue weighted by atomic mass is 10.00. The molecule has 0 amide bonds. The molecule has 14 heavy (non-hydrogen) atoms. The Morgan fingerprint density at radius 3 is 2.71 bits per heavy atom. The van der Waals surface area contributed by atoms with Crippen LogP contribution in [0.25, 0.3) is 0 Å². The van der Waals surface area contributed by atoms with E-state index in [1.807, 2.05) is 6.92 Å². The van der Waals surface area contributed by atoms with E-state index in [2.05, 4.69) is 5.16 Å². The van der Waals surface area contributed by atoms with E-state index < -0.39 is 11.6 Å². The van der Waals surface area contributed by atoms with E-state index in [0.29, 0.717) is 17.9 Å². The minimum atomic E-state index is -0.857. The first-order valence-electron chi connectivity index (χ1n) is 4.34. The predicted octanol–water partition coefficient (Wildman–Crippen LogP) is 2.34. The van der Waals surface area contributed by atoms with Gasteiger partial charge >= 0.3 is 0 Å². The van der Waals surface area contributed by atoms with Crippen molar-refractivity contribution < 1.29 is 13.6 Å². The summed E-state index contributed by atoms with van der Waals surface area (Å²) in [5, 5.41) is 3.79. The molecule has 1 aromatic rings. The van der Waals surface area contributed by atoms with Gasteiger partial charge in [-0.3, -0.25) is 0 Å². The van der Waals surface area contributed by atoms with Crippen molar-refractivity contribution in [3.05, 3.63) is 35.4 Å². The average molecular weight is 197 g/mol. The monoisotopic (exact) mass is 197 g/mol. The van der Waals surface area contributed by atoms with E-state index in [1.165, 1.54) is 6.07 Å². The molecule has 0 aliphatic carbocycles. The zero-order valence-electron chi connectivity index (χ0n) is 7.63. The summed E-state index contributed by atoms with van der Waals surface area (Å²) in [4.78, 5) is 4.87. The van der Waals surface area contributed by atoms with E-state index in [-0.39, 0.29) is 5.92 Å². The van der Waals surface area contributed by atoms with Gasteiger partial charge in [-0.05, 0) is 18.2 Å². The Bertz CT molecular complexity index is 390. The van der Waals surface area contributed by atoms with Gasteiger partial charge in [-0.25, -0.2) is 8.78 Å². The van der Waals surface area contributed by atoms with E-state index in [9.17, 15) is 8.78 Å². The van der Waals surface area contributed by atoms with Gasteiger partial charge in [0.25, 0.3) is 0 Å². The first-order valence-corrected chi connectivity index (χ1v) is 4.34. The number of hydrogen-bond acceptors (Lipinski definition) is 2. The van der Waals surface area contributed by atoms with Crippen LogP contribution in [-0.2, 0) is 4.84 Å². The molecule has 0 radical (unpaired) electrons. The Labute approximate surface area is 80.2 Å². The molecule has 0 spiro atoms. The van der Waals surface area contributed by atoms with Crippen LogP contribution in [0, 0.1) is 17.6 Å². The lowest BCUT2D eigenvalue weighted by Crippen LogP contribution is -2.10. The number of hydrogen-bond donors (Lipinski definition) is 0. The van der Waals surface area contributed by atoms with Crippen LogP contribution in [0.2, 0.25) is 0 Å². The second kappa shape index (κ2) is 3.36. The van der Waals surface area contributed by atoms with Crippen LogP contribution in [0.15, 0.2) is 23.4 Å². The molecule has 1 aliphatic rings. The Hall–Kier alpha value is -1.45. The van der Waals surface area contributed by atoms with Gasteiger partial charge in [-0.15, -0.1) is 0 Å². The molecule has 74 valence electrons. The summed E-state index contributed by atoms with van der Waals surface area (Å²) in [5.41, 5.74) is 1.25. The fourth-order valence-electron chi connectivity index (χ4n) is 1.38. The number of oxime groups is 1. The minimum Gasteiger partial charge on any atom is -0.395 e. The molecule has 0 unspecified atom stereocenters. The molecule has 0 saturated carbocycles. The van der Waals surface area contributed by atoms with Crippen molar-refractivity contribution in [2.75, 3.05) is 6.61 Å². The molecule has 0 N–H and O–H groups in total. The first kappa shape index (κ1) is 9.12. The lowest BCUT2D eigenvalue weighted by Gasteiger charge is -2.03. The topological polar surface area (TPSA) is 21.6 Å². The van der Waals surface area contributed by atoms with Gasteiger partial charge in [0.1, 0.15) is 6.61 Å². The molecule has 0 saturated heterocycles. The molecule has 0 bridgehead atoms. The smallest absolute Gasteiger partial charge is 0.159 e. The number of benzene rings is 1. The second-order valence-electron chi connectivity index (χ2n) is 3.30. The summed E-state index contributed by atoms with van der Waals surface area (Å²) >= 11 is 0. The Morgan fingerprint density at radius 1 is 1.36 bits per heavy atom. The summed E-state index contributed by atoms with van der Waals surface area (Å²) in [6, 6.07) is 3.74. The fraction of sp³-hybridized carbons (Fsp3) is 0.300. The van der Waals surface area contributed by atoms with Crippen LogP contribution in [0.1, 0.15) is 12.5 Å². The van der Waals surface area contributed by atoms with Gasteiger partial charge in [0.05, 0.1) is 5.71 Å². The quantitative estimate of drug-likeness (QED) is 0.677. The molecule has 1 aromatic carbocycles. The maximum absolute atomic E-state index is 12.9. The summed E-state index contributed by atoms with van der Waals surface area (Å²) in [7, 11) is 0. The predicted molar refractivity (Wildman–Crippen MR) is 48.0 cm³/mol. The largest absolute Gasteiger partial charge is 0.395 e. The Morgan fingerprint density at radius 2 is 2.14 bits per heavy atom. The van der Waals surface area contributed by atoms with Crippen LogP contribution in [0.5, 0.6) is 0 Å². The maximum Gasteiger partial charge on any atom is 0.159 e. The van der Waals surface area contributed by atoms with Crippen molar-refractivity contribution >= 4 is 5.71 Å². The molecule has 1 aliphatic heterocycles. The highest BCUT2D eigenvalue weighted by Crippen LogP contribution is 2.18. The zero-order chi connectivity index (χ0) is 10.1. The highest BCUT2D eigenvalue weighted by Gasteiger charge is 2.20. The maximum atomic E-state index is 12.9. The van der Waals surface area contributed by atoms with Gasteiger partial charge in [-0.1, -0.05) is 12.1 Å². The summed E-state index contributed by atoms with van der Waals surface area (Å²) in [5.74, 6) is -1.58. The summed E-state index contributed by atoms with van der Waals surface area (Å²) in [6.07, 6.45) is 0. The van der Waals surface area contributed by atoms with Crippen LogP contribution >= 0.6 is 0 Å². The van der Waals surface area contributed by atoms with Crippen molar-refractivity contribution in [3.8, 4) is 0 Å². The van der Waals surface area contributed by atoms with Crippen LogP contribution in [0.3, 0.4) is 0 Å². The minimum absolute atomic E-state index is 0.125. The van der Waals surface area contributed by atoms with Crippen molar-refractivity contribution in [1.29, 1.82) is 0 Å². The van der Waals surface area contributed by atoms with E-state index in [0.717, 1.165) is 12.1 Å². The van der Waals surface area contributed by atoms with Crippen molar-refractivity contribution in [3.63, 3.8) is 0 Å². The number of nitrogens with zero attached hydrogens (tertiary/aromatic N) is 1. The van der Waals surface area contributed by atoms with Gasteiger partial charge in [0, 0.05) is 11.5 Å². The number of rotatable bonds is 1. The molecular formula is C10H9F2NO. The molecule has 1 heterocycles. The third-order valence-electron chi connectivity index (χ3n) is 2.17. The van der Waals surface area contributed by atoms with Gasteiger partial charge in [-0.2, -0.15) is 0 Å². The SMILES string of the molecule is C[C@H]1CON=C1c1ccc(F)c(F)c1. The molecule has 0 aromatic heterocycles. The third kappa shape index (κ3) is 1.47. The third-order valence-corrected chi connectivity index (χ3v) is 2.17. The Balaban J connectivity index is 2.37. The van der Waals surface area contributed by atoms with Crippen molar-refractivity contribution in [1.82, 2.24) is 0 Å². The van der Waals surface area contributed by atoms with Crippen LogP contribution < -0.4 is 0 Å². The van der Waals surface area contributed by atoms with E-state index >= 15 is 0 Å². The second-order valence-corrected chi connectivity index (χ2v) is 3.30. The summed E-state index contributed by atoms with van der Waals surface area (Å²) in [6.45, 7) is 2.42. The van der Waals surface area contributed by atoms with Crippen molar-refractivity contribution in [2.45, 2.75) is 6.92 Å². The molecular weight excluding hydrogens is 188 g/mol. The van der Waals surface area contributed by atoms with Gasteiger partial charge in [0.2, 0.25) is 0 Å². The zero-order valence-corrected chi connectivity index (χ0v) is 7.63. The van der Waals surface area contributed by atoms with Gasteiger partial charge in [0.15, 0.2) is 11.6 Å². The Kier molecular flexibility index (Phi) is 2.19. The molecule has 1 atom stereocenters. The van der Waals surface area contributed by atoms with Crippen LogP contribution in [-0.4, -0.2) is 12.3 Å². The molecule has 2 nitrogen and oxygen atoms in total.